The van der Waals surface area contributed by atoms with Gasteiger partial charge < -0.3 is 5.32 Å². The van der Waals surface area contributed by atoms with Crippen molar-refractivity contribution in [1.29, 1.82) is 5.26 Å². The number of nitriles is 1. The van der Waals surface area contributed by atoms with Crippen LogP contribution < -0.4 is 10.6 Å². The normalized spacial score (nSPS) is 10.6. The zero-order chi connectivity index (χ0) is 16.5. The highest BCUT2D eigenvalue weighted by molar-refractivity contribution is 7.99. The van der Waals surface area contributed by atoms with Gasteiger partial charge in [0.15, 0.2) is 6.19 Å². The van der Waals surface area contributed by atoms with E-state index in [1.54, 1.807) is 13.2 Å². The Morgan fingerprint density at radius 2 is 2.14 bits per heavy atom. The van der Waals surface area contributed by atoms with Gasteiger partial charge in [-0.15, -0.1) is 11.8 Å². The molecule has 0 aliphatic heterocycles. The lowest BCUT2D eigenvalue weighted by molar-refractivity contribution is -0.396. The van der Waals surface area contributed by atoms with Crippen LogP contribution in [0, 0.1) is 31.7 Å². The van der Waals surface area contributed by atoms with Crippen molar-refractivity contribution in [1.82, 2.24) is 10.6 Å². The minimum Gasteiger partial charge on any atom is -0.359 e. The predicted molar refractivity (Wildman–Crippen MR) is 80.6 cm³/mol. The summed E-state index contributed by atoms with van der Waals surface area (Å²) in [5.41, 5.74) is -0.642. The highest BCUT2D eigenvalue weighted by Crippen LogP contribution is 2.32. The fraction of sp³-hybridized carbons (Fsp3) is 0.273. The smallest absolute Gasteiger partial charge is 0.289 e. The number of nitrogens with one attached hydrogen (secondary N) is 2. The van der Waals surface area contributed by atoms with Gasteiger partial charge in [0.2, 0.25) is 5.96 Å². The lowest BCUT2D eigenvalue weighted by atomic mass is 10.3. The van der Waals surface area contributed by atoms with Gasteiger partial charge in [-0.2, -0.15) is 5.26 Å². The number of guanidine groups is 1. The quantitative estimate of drug-likeness (QED) is 0.116. The van der Waals surface area contributed by atoms with E-state index in [1.807, 2.05) is 0 Å². The SMILES string of the molecule is CNC(=NCCSc1ccc([N+](=O)[O-])cc1[N+](=O)[O-])NC#N. The van der Waals surface area contributed by atoms with E-state index in [-0.39, 0.29) is 11.4 Å². The molecule has 10 nitrogen and oxygen atoms in total. The highest BCUT2D eigenvalue weighted by Gasteiger charge is 2.19. The van der Waals surface area contributed by atoms with E-state index in [4.69, 9.17) is 5.26 Å². The van der Waals surface area contributed by atoms with Crippen molar-refractivity contribution in [3.8, 4) is 6.19 Å². The van der Waals surface area contributed by atoms with E-state index >= 15 is 0 Å². The van der Waals surface area contributed by atoms with Gasteiger partial charge in [0.25, 0.3) is 11.4 Å². The van der Waals surface area contributed by atoms with Crippen LogP contribution in [0.25, 0.3) is 0 Å². The third-order valence-electron chi connectivity index (χ3n) is 2.38. The summed E-state index contributed by atoms with van der Waals surface area (Å²) in [6.45, 7) is 0.309. The Kier molecular flexibility index (Phi) is 6.58. The Bertz CT molecular complexity index is 642. The third-order valence-corrected chi connectivity index (χ3v) is 3.42. The van der Waals surface area contributed by atoms with E-state index in [1.165, 1.54) is 12.1 Å². The summed E-state index contributed by atoms with van der Waals surface area (Å²) in [4.78, 5) is 24.6. The maximum absolute atomic E-state index is 11.0. The molecule has 0 saturated heterocycles. The van der Waals surface area contributed by atoms with Crippen molar-refractivity contribution >= 4 is 29.1 Å². The van der Waals surface area contributed by atoms with E-state index in [0.717, 1.165) is 17.8 Å². The maximum Gasteiger partial charge on any atom is 0.289 e. The number of rotatable bonds is 6. The molecule has 22 heavy (non-hydrogen) atoms. The molecule has 0 amide bonds. The Morgan fingerprint density at radius 3 is 2.68 bits per heavy atom. The molecule has 0 spiro atoms. The Balaban J connectivity index is 2.76. The fourth-order valence-corrected chi connectivity index (χ4v) is 2.28. The number of nitro benzene ring substituents is 2. The van der Waals surface area contributed by atoms with Crippen LogP contribution >= 0.6 is 11.8 Å². The Hall–Kier alpha value is -2.87. The molecule has 2 N–H and O–H groups in total. The van der Waals surface area contributed by atoms with E-state index in [9.17, 15) is 20.2 Å². The molecule has 116 valence electrons. The lowest BCUT2D eigenvalue weighted by Crippen LogP contribution is -2.31. The second-order valence-electron chi connectivity index (χ2n) is 3.73. The molecule has 0 aromatic heterocycles. The van der Waals surface area contributed by atoms with Crippen LogP contribution in [-0.2, 0) is 0 Å². The Labute approximate surface area is 129 Å². The van der Waals surface area contributed by atoms with Gasteiger partial charge in [-0.3, -0.25) is 30.5 Å². The molecule has 0 radical (unpaired) electrons. The van der Waals surface area contributed by atoms with Crippen molar-refractivity contribution in [2.75, 3.05) is 19.3 Å². The van der Waals surface area contributed by atoms with E-state index in [0.29, 0.717) is 23.2 Å². The number of thioether (sulfide) groups is 1. The van der Waals surface area contributed by atoms with Crippen LogP contribution in [0.1, 0.15) is 0 Å². The van der Waals surface area contributed by atoms with Crippen LogP contribution in [0.4, 0.5) is 11.4 Å². The average Bonchev–Trinajstić information content (AvgIpc) is 2.50. The summed E-state index contributed by atoms with van der Waals surface area (Å²) in [6, 6.07) is 3.49. The molecule has 0 aliphatic rings. The summed E-state index contributed by atoms with van der Waals surface area (Å²) in [5, 5.41) is 35.1. The van der Waals surface area contributed by atoms with Gasteiger partial charge in [0, 0.05) is 18.9 Å². The first-order chi connectivity index (χ1) is 10.5. The molecule has 0 aliphatic carbocycles. The number of non-ortho nitro benzene ring substituents is 1. The van der Waals surface area contributed by atoms with Gasteiger partial charge in [0.05, 0.1) is 27.4 Å². The van der Waals surface area contributed by atoms with E-state index < -0.39 is 9.85 Å². The Morgan fingerprint density at radius 1 is 1.41 bits per heavy atom. The number of hydrogen-bond donors (Lipinski definition) is 2. The second kappa shape index (κ2) is 8.42. The predicted octanol–water partition coefficient (Wildman–Crippen LogP) is 1.24. The molecule has 1 rings (SSSR count). The zero-order valence-corrected chi connectivity index (χ0v) is 12.3. The molecule has 0 fully saturated rings. The van der Waals surface area contributed by atoms with Gasteiger partial charge in [0.1, 0.15) is 0 Å². The van der Waals surface area contributed by atoms with Gasteiger partial charge in [-0.1, -0.05) is 0 Å². The summed E-state index contributed by atoms with van der Waals surface area (Å²) < 4.78 is 0. The fourth-order valence-electron chi connectivity index (χ4n) is 1.43. The molecule has 11 heteroatoms. The van der Waals surface area contributed by atoms with Crippen molar-refractivity contribution in [2.24, 2.45) is 4.99 Å². The largest absolute Gasteiger partial charge is 0.359 e. The first kappa shape index (κ1) is 17.2. The van der Waals surface area contributed by atoms with Crippen LogP contribution in [0.2, 0.25) is 0 Å². The molecular formula is C11H12N6O4S. The first-order valence-electron chi connectivity index (χ1n) is 5.92. The van der Waals surface area contributed by atoms with E-state index in [2.05, 4.69) is 15.6 Å². The van der Waals surface area contributed by atoms with Crippen molar-refractivity contribution < 1.29 is 9.85 Å². The number of nitro groups is 2. The lowest BCUT2D eigenvalue weighted by Gasteiger charge is -2.03. The minimum atomic E-state index is -0.682. The third kappa shape index (κ3) is 4.91. The van der Waals surface area contributed by atoms with Crippen LogP contribution in [0.15, 0.2) is 28.1 Å². The maximum atomic E-state index is 11.0. The van der Waals surface area contributed by atoms with Crippen LogP contribution in [0.5, 0.6) is 0 Å². The number of aliphatic imine (C=N–C) groups is 1. The van der Waals surface area contributed by atoms with Crippen molar-refractivity contribution in [2.45, 2.75) is 4.90 Å². The molecule has 0 bridgehead atoms. The number of hydrogen-bond acceptors (Lipinski definition) is 7. The molecule has 0 heterocycles. The first-order valence-corrected chi connectivity index (χ1v) is 6.91. The molecule has 0 unspecified atom stereocenters. The summed E-state index contributed by atoms with van der Waals surface area (Å²) in [7, 11) is 1.59. The number of nitrogens with zero attached hydrogens (tertiary/aromatic N) is 4. The molecule has 1 aromatic carbocycles. The summed E-state index contributed by atoms with van der Waals surface area (Å²) in [6.07, 6.45) is 1.71. The number of benzene rings is 1. The van der Waals surface area contributed by atoms with Gasteiger partial charge >= 0.3 is 0 Å². The second-order valence-corrected chi connectivity index (χ2v) is 4.87. The van der Waals surface area contributed by atoms with Crippen molar-refractivity contribution in [3.05, 3.63) is 38.4 Å². The summed E-state index contributed by atoms with van der Waals surface area (Å²) >= 11 is 1.16. The highest BCUT2D eigenvalue weighted by atomic mass is 32.2. The van der Waals surface area contributed by atoms with Gasteiger partial charge in [-0.25, -0.2) is 0 Å². The monoisotopic (exact) mass is 324 g/mol. The average molecular weight is 324 g/mol. The molecule has 0 atom stereocenters. The van der Waals surface area contributed by atoms with Crippen LogP contribution in [-0.4, -0.2) is 35.2 Å². The topological polar surface area (TPSA) is 146 Å². The minimum absolute atomic E-state index is 0.293. The van der Waals surface area contributed by atoms with Crippen molar-refractivity contribution in [3.63, 3.8) is 0 Å². The van der Waals surface area contributed by atoms with Crippen LogP contribution in [0.3, 0.4) is 0 Å². The molecule has 0 saturated carbocycles. The van der Waals surface area contributed by atoms with Gasteiger partial charge in [-0.05, 0) is 6.07 Å². The standard InChI is InChI=1S/C11H12N6O4S/c1-13-11(15-7-12)14-4-5-22-10-3-2-8(16(18)19)6-9(10)17(20)21/h2-3,6H,4-5H2,1H3,(H2,13,14,15). The summed E-state index contributed by atoms with van der Waals surface area (Å²) in [5.74, 6) is 0.707. The molecular weight excluding hydrogens is 312 g/mol. The molecule has 1 aromatic rings. The zero-order valence-electron chi connectivity index (χ0n) is 11.5.